The zero-order valence-corrected chi connectivity index (χ0v) is 13.6. The van der Waals surface area contributed by atoms with Gasteiger partial charge >= 0.3 is 0 Å². The van der Waals surface area contributed by atoms with Gasteiger partial charge in [-0.3, -0.25) is 0 Å². The van der Waals surface area contributed by atoms with E-state index in [1.54, 1.807) is 7.11 Å². The van der Waals surface area contributed by atoms with Gasteiger partial charge in [-0.15, -0.1) is 11.8 Å². The zero-order chi connectivity index (χ0) is 15.2. The predicted octanol–water partition coefficient (Wildman–Crippen LogP) is 4.51. The molecular weight excluding hydrogens is 278 g/mol. The highest BCUT2D eigenvalue weighted by Crippen LogP contribution is 2.36. The Balaban J connectivity index is 2.19. The quantitative estimate of drug-likeness (QED) is 0.797. The number of thioether (sulfide) groups is 1. The van der Waals surface area contributed by atoms with Crippen LogP contribution in [0.5, 0.6) is 5.75 Å². The van der Waals surface area contributed by atoms with Gasteiger partial charge in [0.25, 0.3) is 0 Å². The van der Waals surface area contributed by atoms with Crippen molar-refractivity contribution in [3.8, 4) is 5.75 Å². The molecule has 2 aromatic rings. The number of benzene rings is 2. The average Bonchev–Trinajstić information content (AvgIpc) is 2.52. The molecule has 0 saturated heterocycles. The number of ether oxygens (including phenoxy) is 1. The second-order valence-electron chi connectivity index (χ2n) is 5.44. The largest absolute Gasteiger partial charge is 0.497 e. The summed E-state index contributed by atoms with van der Waals surface area (Å²) in [5.74, 6) is 1.37. The lowest BCUT2D eigenvalue weighted by molar-refractivity contribution is 0.413. The molecule has 2 unspecified atom stereocenters. The highest BCUT2D eigenvalue weighted by Gasteiger charge is 2.24. The molecule has 0 aliphatic carbocycles. The Morgan fingerprint density at radius 1 is 1.00 bits per heavy atom. The van der Waals surface area contributed by atoms with Gasteiger partial charge in [0.15, 0.2) is 0 Å². The molecule has 112 valence electrons. The Bertz CT molecular complexity index is 556. The van der Waals surface area contributed by atoms with Gasteiger partial charge in [-0.2, -0.15) is 0 Å². The standard InChI is InChI=1S/C18H23NOS/c1-13(2)18(17(19)14-8-5-4-6-9-14)21-16-11-7-10-15(12-16)20-3/h4-13,17-18H,19H2,1-3H3. The molecule has 0 fully saturated rings. The first-order chi connectivity index (χ1) is 10.1. The molecule has 0 amide bonds. The summed E-state index contributed by atoms with van der Waals surface area (Å²) in [6.45, 7) is 4.45. The average molecular weight is 301 g/mol. The Labute approximate surface area is 131 Å². The number of nitrogens with two attached hydrogens (primary N) is 1. The van der Waals surface area contributed by atoms with Crippen molar-refractivity contribution in [1.29, 1.82) is 0 Å². The fourth-order valence-electron chi connectivity index (χ4n) is 2.32. The lowest BCUT2D eigenvalue weighted by Gasteiger charge is -2.27. The topological polar surface area (TPSA) is 35.2 Å². The maximum atomic E-state index is 6.51. The molecule has 0 aliphatic rings. The minimum Gasteiger partial charge on any atom is -0.497 e. The minimum atomic E-state index is 0.0161. The highest BCUT2D eigenvalue weighted by atomic mass is 32.2. The number of hydrogen-bond acceptors (Lipinski definition) is 3. The summed E-state index contributed by atoms with van der Waals surface area (Å²) < 4.78 is 5.30. The van der Waals surface area contributed by atoms with Crippen LogP contribution in [0.3, 0.4) is 0 Å². The fraction of sp³-hybridized carbons (Fsp3) is 0.333. The van der Waals surface area contributed by atoms with Crippen LogP contribution in [0.4, 0.5) is 0 Å². The maximum Gasteiger partial charge on any atom is 0.119 e. The van der Waals surface area contributed by atoms with Crippen LogP contribution in [-0.2, 0) is 0 Å². The molecular formula is C18H23NOS. The van der Waals surface area contributed by atoms with E-state index < -0.39 is 0 Å². The van der Waals surface area contributed by atoms with Crippen LogP contribution < -0.4 is 10.5 Å². The molecule has 2 N–H and O–H groups in total. The molecule has 0 aromatic heterocycles. The molecule has 2 nitrogen and oxygen atoms in total. The third-order valence-electron chi connectivity index (χ3n) is 3.51. The van der Waals surface area contributed by atoms with E-state index >= 15 is 0 Å². The van der Waals surface area contributed by atoms with Gasteiger partial charge in [-0.25, -0.2) is 0 Å². The molecule has 0 heterocycles. The van der Waals surface area contributed by atoms with E-state index in [2.05, 4.69) is 38.1 Å². The van der Waals surface area contributed by atoms with Crippen molar-refractivity contribution in [2.24, 2.45) is 11.7 Å². The first-order valence-corrected chi connectivity index (χ1v) is 8.11. The summed E-state index contributed by atoms with van der Waals surface area (Å²) >= 11 is 1.82. The molecule has 0 spiro atoms. The Hall–Kier alpha value is -1.45. The molecule has 2 aromatic carbocycles. The number of hydrogen-bond donors (Lipinski definition) is 1. The first-order valence-electron chi connectivity index (χ1n) is 7.23. The monoisotopic (exact) mass is 301 g/mol. The van der Waals surface area contributed by atoms with Crippen LogP contribution >= 0.6 is 11.8 Å². The van der Waals surface area contributed by atoms with Crippen LogP contribution in [0.25, 0.3) is 0 Å². The zero-order valence-electron chi connectivity index (χ0n) is 12.8. The van der Waals surface area contributed by atoms with Crippen molar-refractivity contribution in [3.05, 3.63) is 60.2 Å². The number of rotatable bonds is 6. The van der Waals surface area contributed by atoms with Gasteiger partial charge in [-0.1, -0.05) is 50.2 Å². The molecule has 0 aliphatic heterocycles. The van der Waals surface area contributed by atoms with E-state index in [0.717, 1.165) is 5.75 Å². The van der Waals surface area contributed by atoms with Crippen molar-refractivity contribution >= 4 is 11.8 Å². The van der Waals surface area contributed by atoms with Gasteiger partial charge in [-0.05, 0) is 29.7 Å². The van der Waals surface area contributed by atoms with Gasteiger partial charge in [0.05, 0.1) is 7.11 Å². The fourth-order valence-corrected chi connectivity index (χ4v) is 3.55. The Morgan fingerprint density at radius 3 is 2.33 bits per heavy atom. The lowest BCUT2D eigenvalue weighted by atomic mass is 9.97. The van der Waals surface area contributed by atoms with Crippen molar-refractivity contribution in [3.63, 3.8) is 0 Å². The summed E-state index contributed by atoms with van der Waals surface area (Å²) in [5.41, 5.74) is 7.69. The van der Waals surface area contributed by atoms with Crippen LogP contribution in [0.1, 0.15) is 25.5 Å². The molecule has 3 heteroatoms. The predicted molar refractivity (Wildman–Crippen MR) is 90.8 cm³/mol. The molecule has 0 radical (unpaired) electrons. The molecule has 21 heavy (non-hydrogen) atoms. The van der Waals surface area contributed by atoms with Gasteiger partial charge in [0.2, 0.25) is 0 Å². The lowest BCUT2D eigenvalue weighted by Crippen LogP contribution is -2.28. The van der Waals surface area contributed by atoms with E-state index in [4.69, 9.17) is 10.5 Å². The highest BCUT2D eigenvalue weighted by molar-refractivity contribution is 8.00. The second-order valence-corrected chi connectivity index (χ2v) is 6.69. The van der Waals surface area contributed by atoms with E-state index in [-0.39, 0.29) is 6.04 Å². The van der Waals surface area contributed by atoms with Crippen LogP contribution in [0, 0.1) is 5.92 Å². The summed E-state index contributed by atoms with van der Waals surface area (Å²) in [6, 6.07) is 18.5. The molecule has 0 bridgehead atoms. The Kier molecular flexibility index (Phi) is 5.71. The van der Waals surface area contributed by atoms with E-state index in [1.807, 2.05) is 42.1 Å². The van der Waals surface area contributed by atoms with Crippen LogP contribution in [0.2, 0.25) is 0 Å². The summed E-state index contributed by atoms with van der Waals surface area (Å²) in [4.78, 5) is 1.19. The van der Waals surface area contributed by atoms with Crippen molar-refractivity contribution in [2.75, 3.05) is 7.11 Å². The third-order valence-corrected chi connectivity index (χ3v) is 5.14. The summed E-state index contributed by atoms with van der Waals surface area (Å²) in [7, 11) is 1.69. The van der Waals surface area contributed by atoms with Crippen LogP contribution in [0.15, 0.2) is 59.5 Å². The van der Waals surface area contributed by atoms with Crippen molar-refractivity contribution in [2.45, 2.75) is 30.0 Å². The van der Waals surface area contributed by atoms with E-state index in [0.29, 0.717) is 11.2 Å². The van der Waals surface area contributed by atoms with Crippen LogP contribution in [-0.4, -0.2) is 12.4 Å². The van der Waals surface area contributed by atoms with Crippen molar-refractivity contribution < 1.29 is 4.74 Å². The van der Waals surface area contributed by atoms with Gasteiger partial charge in [0.1, 0.15) is 5.75 Å². The second kappa shape index (κ2) is 7.53. The van der Waals surface area contributed by atoms with E-state index in [1.165, 1.54) is 10.5 Å². The van der Waals surface area contributed by atoms with Crippen molar-refractivity contribution in [1.82, 2.24) is 0 Å². The normalized spacial score (nSPS) is 14.0. The SMILES string of the molecule is COc1cccc(SC(C(C)C)C(N)c2ccccc2)c1. The number of methoxy groups -OCH3 is 1. The summed E-state index contributed by atoms with van der Waals surface area (Å²) in [5, 5.41) is 0.319. The maximum absolute atomic E-state index is 6.51. The third kappa shape index (κ3) is 4.26. The van der Waals surface area contributed by atoms with E-state index in [9.17, 15) is 0 Å². The minimum absolute atomic E-state index is 0.0161. The molecule has 2 atom stereocenters. The van der Waals surface area contributed by atoms with Gasteiger partial charge in [0, 0.05) is 16.2 Å². The molecule has 2 rings (SSSR count). The first kappa shape index (κ1) is 15.9. The van der Waals surface area contributed by atoms with Gasteiger partial charge < -0.3 is 10.5 Å². The summed E-state index contributed by atoms with van der Waals surface area (Å²) in [6.07, 6.45) is 0. The molecule has 0 saturated carbocycles. The Morgan fingerprint density at radius 2 is 1.71 bits per heavy atom. The smallest absolute Gasteiger partial charge is 0.119 e.